The van der Waals surface area contributed by atoms with Gasteiger partial charge in [0.2, 0.25) is 11.8 Å². The molecule has 4 rings (SSSR count). The monoisotopic (exact) mass is 528 g/mol. The van der Waals surface area contributed by atoms with Crippen LogP contribution in [0.5, 0.6) is 0 Å². The topological polar surface area (TPSA) is 98.7 Å². The molecule has 6 nitrogen and oxygen atoms in total. The molecule has 0 unspecified atom stereocenters. The van der Waals surface area contributed by atoms with Gasteiger partial charge >= 0.3 is 0 Å². The maximum Gasteiger partial charge on any atom is 0.247 e. The predicted molar refractivity (Wildman–Crippen MR) is 153 cm³/mol. The van der Waals surface area contributed by atoms with Crippen molar-refractivity contribution in [1.82, 2.24) is 10.8 Å². The Labute approximate surface area is 231 Å². The van der Waals surface area contributed by atoms with Crippen LogP contribution in [0, 0.1) is 17.8 Å². The molecular weight excluding hydrogens is 488 g/mol. The lowest BCUT2D eigenvalue weighted by Crippen LogP contribution is -2.48. The van der Waals surface area contributed by atoms with Crippen LogP contribution < -0.4 is 10.8 Å². The van der Waals surface area contributed by atoms with Crippen molar-refractivity contribution in [2.75, 3.05) is 6.61 Å². The number of hydrogen-bond acceptors (Lipinski definition) is 4. The first-order valence-electron chi connectivity index (χ1n) is 14.1. The number of aliphatic hydroxyl groups excluding tert-OH is 1. The lowest BCUT2D eigenvalue weighted by atomic mass is 9.76. The van der Waals surface area contributed by atoms with Crippen molar-refractivity contribution in [2.45, 2.75) is 57.4 Å². The summed E-state index contributed by atoms with van der Waals surface area (Å²) in [4.78, 5) is 26.6. The summed E-state index contributed by atoms with van der Waals surface area (Å²) in [5.74, 6) is -1.86. The largest absolute Gasteiger partial charge is 0.394 e. The van der Waals surface area contributed by atoms with Crippen molar-refractivity contribution in [3.05, 3.63) is 96.1 Å². The Bertz CT molecular complexity index is 1160. The third-order valence-electron chi connectivity index (χ3n) is 8.02. The molecule has 206 valence electrons. The van der Waals surface area contributed by atoms with E-state index >= 15 is 0 Å². The molecule has 0 bridgehead atoms. The molecule has 39 heavy (non-hydrogen) atoms. The molecule has 1 aliphatic rings. The lowest BCUT2D eigenvalue weighted by Gasteiger charge is -2.30. The molecule has 0 radical (unpaired) electrons. The molecule has 0 saturated heterocycles. The molecule has 0 spiro atoms. The van der Waals surface area contributed by atoms with Crippen LogP contribution >= 0.6 is 0 Å². The fraction of sp³-hybridized carbons (Fsp3) is 0.394. The third kappa shape index (κ3) is 8.01. The van der Waals surface area contributed by atoms with E-state index in [0.29, 0.717) is 12.8 Å². The van der Waals surface area contributed by atoms with Gasteiger partial charge in [-0.1, -0.05) is 97.8 Å². The van der Waals surface area contributed by atoms with E-state index in [0.717, 1.165) is 49.7 Å². The summed E-state index contributed by atoms with van der Waals surface area (Å²) in [7, 11) is 0. The highest BCUT2D eigenvalue weighted by Crippen LogP contribution is 2.37. The number of hydroxylamine groups is 1. The Hall–Kier alpha value is -3.48. The predicted octanol–water partition coefficient (Wildman–Crippen LogP) is 5.32. The van der Waals surface area contributed by atoms with Crippen molar-refractivity contribution >= 4 is 11.8 Å². The van der Waals surface area contributed by atoms with Crippen LogP contribution in [-0.4, -0.2) is 34.8 Å². The standard InChI is InChI=1S/C33H40N2O4/c36-23-29(22-25-10-3-1-4-11-25)34-32(37)30(31(33(38)35-39)28-15-7-8-16-28)17-9-12-24-18-20-27(21-19-24)26-13-5-2-6-14-26/h1-6,10-11,13-14,18-21,28-31,36,39H,7-9,12,15-17,22-23H2,(H,34,37)(H,35,38)/t29-,30+,31-/m0/s1. The molecule has 6 heteroatoms. The van der Waals surface area contributed by atoms with Crippen LogP contribution in [-0.2, 0) is 22.4 Å². The van der Waals surface area contributed by atoms with Crippen molar-refractivity contribution in [2.24, 2.45) is 17.8 Å². The quantitative estimate of drug-likeness (QED) is 0.178. The molecule has 2 amide bonds. The number of rotatable bonds is 13. The summed E-state index contributed by atoms with van der Waals surface area (Å²) in [6.07, 6.45) is 6.32. The molecule has 1 fully saturated rings. The van der Waals surface area contributed by atoms with E-state index in [-0.39, 0.29) is 18.4 Å². The molecule has 1 aliphatic carbocycles. The summed E-state index contributed by atoms with van der Waals surface area (Å²) in [5, 5.41) is 22.6. The highest BCUT2D eigenvalue weighted by Gasteiger charge is 2.40. The highest BCUT2D eigenvalue weighted by atomic mass is 16.5. The second-order valence-corrected chi connectivity index (χ2v) is 10.7. The molecule has 3 atom stereocenters. The van der Waals surface area contributed by atoms with Gasteiger partial charge in [0.05, 0.1) is 18.6 Å². The fourth-order valence-electron chi connectivity index (χ4n) is 5.98. The molecule has 0 aromatic heterocycles. The number of aliphatic hydroxyl groups is 1. The SMILES string of the molecule is O=C(N[C@H](CO)Cc1ccccc1)[C@H](CCCc1ccc(-c2ccccc2)cc1)[C@@H](C(=O)NO)C1CCCC1. The van der Waals surface area contributed by atoms with Gasteiger partial charge in [0.15, 0.2) is 0 Å². The fourth-order valence-corrected chi connectivity index (χ4v) is 5.98. The summed E-state index contributed by atoms with van der Waals surface area (Å²) in [5.41, 5.74) is 6.37. The number of carbonyl (C=O) groups excluding carboxylic acids is 2. The van der Waals surface area contributed by atoms with E-state index in [1.54, 1.807) is 0 Å². The molecule has 1 saturated carbocycles. The number of carbonyl (C=O) groups is 2. The van der Waals surface area contributed by atoms with Crippen LogP contribution in [0.3, 0.4) is 0 Å². The second kappa shape index (κ2) is 14.6. The zero-order chi connectivity index (χ0) is 27.5. The van der Waals surface area contributed by atoms with Gasteiger partial charge in [0.25, 0.3) is 0 Å². The van der Waals surface area contributed by atoms with Crippen LogP contribution in [0.1, 0.15) is 49.7 Å². The average Bonchev–Trinajstić information content (AvgIpc) is 3.52. The first-order chi connectivity index (χ1) is 19.1. The van der Waals surface area contributed by atoms with Crippen LogP contribution in [0.25, 0.3) is 11.1 Å². The van der Waals surface area contributed by atoms with Crippen molar-refractivity contribution in [3.8, 4) is 11.1 Å². The normalized spacial score (nSPS) is 15.8. The number of amides is 2. The van der Waals surface area contributed by atoms with Gasteiger partial charge in [-0.3, -0.25) is 14.8 Å². The maximum absolute atomic E-state index is 13.7. The number of nitrogens with one attached hydrogen (secondary N) is 2. The van der Waals surface area contributed by atoms with Gasteiger partial charge in [-0.15, -0.1) is 0 Å². The Morgan fingerprint density at radius 3 is 2.03 bits per heavy atom. The van der Waals surface area contributed by atoms with Crippen LogP contribution in [0.15, 0.2) is 84.9 Å². The Morgan fingerprint density at radius 2 is 1.41 bits per heavy atom. The van der Waals surface area contributed by atoms with E-state index in [2.05, 4.69) is 41.7 Å². The van der Waals surface area contributed by atoms with E-state index in [1.807, 2.05) is 54.0 Å². The molecule has 3 aromatic rings. The van der Waals surface area contributed by atoms with Gasteiger partial charge < -0.3 is 10.4 Å². The Balaban J connectivity index is 1.46. The van der Waals surface area contributed by atoms with E-state index in [4.69, 9.17) is 0 Å². The Morgan fingerprint density at radius 1 is 0.795 bits per heavy atom. The Kier molecular flexibility index (Phi) is 10.7. The second-order valence-electron chi connectivity index (χ2n) is 10.7. The van der Waals surface area contributed by atoms with Gasteiger partial charge in [-0.05, 0) is 66.7 Å². The van der Waals surface area contributed by atoms with E-state index in [1.165, 1.54) is 11.1 Å². The minimum Gasteiger partial charge on any atom is -0.394 e. The van der Waals surface area contributed by atoms with Crippen molar-refractivity contribution in [1.29, 1.82) is 0 Å². The minimum atomic E-state index is -0.603. The lowest BCUT2D eigenvalue weighted by molar-refractivity contribution is -0.143. The molecule has 3 aromatic carbocycles. The zero-order valence-electron chi connectivity index (χ0n) is 22.5. The molecule has 0 heterocycles. The number of hydrogen-bond donors (Lipinski definition) is 4. The first kappa shape index (κ1) is 28.5. The van der Waals surface area contributed by atoms with Crippen molar-refractivity contribution in [3.63, 3.8) is 0 Å². The zero-order valence-corrected chi connectivity index (χ0v) is 22.5. The third-order valence-corrected chi connectivity index (χ3v) is 8.02. The van der Waals surface area contributed by atoms with Gasteiger partial charge in [-0.2, -0.15) is 0 Å². The minimum absolute atomic E-state index is 0.0553. The van der Waals surface area contributed by atoms with Crippen LogP contribution in [0.2, 0.25) is 0 Å². The van der Waals surface area contributed by atoms with Crippen molar-refractivity contribution < 1.29 is 19.9 Å². The smallest absolute Gasteiger partial charge is 0.247 e. The van der Waals surface area contributed by atoms with Gasteiger partial charge in [0, 0.05) is 5.92 Å². The first-order valence-corrected chi connectivity index (χ1v) is 14.1. The average molecular weight is 529 g/mol. The summed E-state index contributed by atoms with van der Waals surface area (Å²) in [6, 6.07) is 28.0. The van der Waals surface area contributed by atoms with E-state index in [9.17, 15) is 19.9 Å². The van der Waals surface area contributed by atoms with Crippen LogP contribution in [0.4, 0.5) is 0 Å². The molecule has 0 aliphatic heterocycles. The van der Waals surface area contributed by atoms with Gasteiger partial charge in [-0.25, -0.2) is 5.48 Å². The molecule has 4 N–H and O–H groups in total. The molecular formula is C33H40N2O4. The van der Waals surface area contributed by atoms with E-state index < -0.39 is 23.8 Å². The summed E-state index contributed by atoms with van der Waals surface area (Å²) < 4.78 is 0. The summed E-state index contributed by atoms with van der Waals surface area (Å²) in [6.45, 7) is -0.193. The van der Waals surface area contributed by atoms with Gasteiger partial charge in [0.1, 0.15) is 0 Å². The highest BCUT2D eigenvalue weighted by molar-refractivity contribution is 5.87. The maximum atomic E-state index is 13.7. The summed E-state index contributed by atoms with van der Waals surface area (Å²) >= 11 is 0. The number of benzene rings is 3. The number of aryl methyl sites for hydroxylation is 1.